The minimum atomic E-state index is -0.598. The topological polar surface area (TPSA) is 37.3 Å². The Morgan fingerprint density at radius 3 is 2.95 bits per heavy atom. The number of hydrogen-bond acceptors (Lipinski definition) is 2. The van der Waals surface area contributed by atoms with Gasteiger partial charge in [-0.25, -0.2) is 0 Å². The van der Waals surface area contributed by atoms with Crippen LogP contribution in [0.5, 0.6) is 0 Å². The molecule has 1 unspecified atom stereocenters. The number of Topliss-reactive ketones (excluding diaryl/α,β-unsaturated/α-hetero) is 1. The molecule has 3 rings (SSSR count). The maximum absolute atomic E-state index is 12.6. The molecule has 0 bridgehead atoms. The molecule has 2 nitrogen and oxygen atoms in total. The zero-order valence-corrected chi connectivity index (χ0v) is 10.9. The largest absolute Gasteiger partial charge is 0.385 e. The van der Waals surface area contributed by atoms with Crippen molar-refractivity contribution in [1.29, 1.82) is 0 Å². The molecule has 0 saturated heterocycles. The van der Waals surface area contributed by atoms with E-state index in [9.17, 15) is 9.90 Å². The quantitative estimate of drug-likeness (QED) is 0.771. The van der Waals surface area contributed by atoms with Crippen molar-refractivity contribution in [3.63, 3.8) is 0 Å². The molecule has 0 radical (unpaired) electrons. The van der Waals surface area contributed by atoms with Crippen molar-refractivity contribution in [3.8, 4) is 0 Å². The van der Waals surface area contributed by atoms with Crippen molar-refractivity contribution in [2.24, 2.45) is 0 Å². The Balaban J connectivity index is 2.13. The average Bonchev–Trinajstić information content (AvgIpc) is 2.63. The second-order valence-corrected chi connectivity index (χ2v) is 5.14. The van der Waals surface area contributed by atoms with Crippen molar-refractivity contribution in [3.05, 3.63) is 70.3 Å². The van der Waals surface area contributed by atoms with E-state index in [1.165, 1.54) is 5.56 Å². The van der Waals surface area contributed by atoms with E-state index in [-0.39, 0.29) is 5.78 Å². The van der Waals surface area contributed by atoms with Crippen LogP contribution in [-0.4, -0.2) is 17.0 Å². The monoisotopic (exact) mass is 252 g/mol. The SMILES string of the molecule is Cc1ccc2c(c1)CCC1=CC(O)C=CC=C1C2=O. The number of aliphatic hydroxyl groups excluding tert-OH is 1. The number of fused-ring (bicyclic) bond motifs is 2. The van der Waals surface area contributed by atoms with Crippen molar-refractivity contribution in [1.82, 2.24) is 0 Å². The molecule has 19 heavy (non-hydrogen) atoms. The summed E-state index contributed by atoms with van der Waals surface area (Å²) < 4.78 is 0. The van der Waals surface area contributed by atoms with Crippen LogP contribution in [0, 0.1) is 6.92 Å². The summed E-state index contributed by atoms with van der Waals surface area (Å²) >= 11 is 0. The Hall–Kier alpha value is -1.93. The van der Waals surface area contributed by atoms with Gasteiger partial charge in [0.1, 0.15) is 0 Å². The van der Waals surface area contributed by atoms with Gasteiger partial charge in [-0.15, -0.1) is 0 Å². The zero-order valence-electron chi connectivity index (χ0n) is 10.9. The standard InChI is InChI=1S/C17H16O2/c1-11-5-8-16-12(9-11)6-7-13-10-14(18)3-2-4-15(13)17(16)19/h2-5,8-10,14,18H,6-7H2,1H3. The van der Waals surface area contributed by atoms with E-state index in [4.69, 9.17) is 0 Å². The van der Waals surface area contributed by atoms with Crippen molar-refractivity contribution in [2.75, 3.05) is 0 Å². The van der Waals surface area contributed by atoms with Crippen LogP contribution >= 0.6 is 0 Å². The van der Waals surface area contributed by atoms with Gasteiger partial charge in [0, 0.05) is 11.1 Å². The van der Waals surface area contributed by atoms with Gasteiger partial charge in [0.05, 0.1) is 6.10 Å². The molecule has 2 heteroatoms. The van der Waals surface area contributed by atoms with E-state index in [2.05, 4.69) is 6.07 Å². The van der Waals surface area contributed by atoms with Crippen molar-refractivity contribution in [2.45, 2.75) is 25.9 Å². The summed E-state index contributed by atoms with van der Waals surface area (Å²) in [4.78, 5) is 12.6. The summed E-state index contributed by atoms with van der Waals surface area (Å²) in [6, 6.07) is 5.99. The number of carbonyl (C=O) groups excluding carboxylic acids is 1. The fourth-order valence-electron chi connectivity index (χ4n) is 2.73. The molecule has 96 valence electrons. The lowest BCUT2D eigenvalue weighted by molar-refractivity contribution is 0.103. The number of aliphatic hydroxyl groups is 1. The second kappa shape index (κ2) is 4.63. The maximum Gasteiger partial charge on any atom is 0.193 e. The highest BCUT2D eigenvalue weighted by molar-refractivity contribution is 6.13. The number of allylic oxidation sites excluding steroid dienone is 4. The van der Waals surface area contributed by atoms with E-state index in [0.29, 0.717) is 0 Å². The van der Waals surface area contributed by atoms with E-state index in [1.807, 2.05) is 25.1 Å². The molecule has 0 heterocycles. The van der Waals surface area contributed by atoms with Crippen LogP contribution in [0.4, 0.5) is 0 Å². The highest BCUT2D eigenvalue weighted by atomic mass is 16.3. The van der Waals surface area contributed by atoms with Crippen LogP contribution in [0.1, 0.15) is 27.9 Å². The average molecular weight is 252 g/mol. The molecule has 0 saturated carbocycles. The minimum Gasteiger partial charge on any atom is -0.385 e. The summed E-state index contributed by atoms with van der Waals surface area (Å²) in [7, 11) is 0. The van der Waals surface area contributed by atoms with Gasteiger partial charge in [-0.05, 0) is 37.0 Å². The lowest BCUT2D eigenvalue weighted by Gasteiger charge is -2.07. The highest BCUT2D eigenvalue weighted by Gasteiger charge is 2.24. The summed E-state index contributed by atoms with van der Waals surface area (Å²) in [5.41, 5.74) is 4.76. The molecular formula is C17H16O2. The van der Waals surface area contributed by atoms with Crippen LogP contribution in [0.3, 0.4) is 0 Å². The first-order valence-corrected chi connectivity index (χ1v) is 6.57. The summed E-state index contributed by atoms with van der Waals surface area (Å²) in [5, 5.41) is 9.76. The predicted octanol–water partition coefficient (Wildman–Crippen LogP) is 2.91. The minimum absolute atomic E-state index is 0.0671. The van der Waals surface area contributed by atoms with Gasteiger partial charge in [0.2, 0.25) is 0 Å². The number of benzene rings is 1. The number of rotatable bonds is 0. The molecule has 0 aliphatic heterocycles. The number of ketones is 1. The van der Waals surface area contributed by atoms with Gasteiger partial charge in [0.25, 0.3) is 0 Å². The first kappa shape index (κ1) is 12.1. The molecular weight excluding hydrogens is 236 g/mol. The molecule has 0 amide bonds. The Bertz CT molecular complexity index is 633. The fourth-order valence-corrected chi connectivity index (χ4v) is 2.73. The summed E-state index contributed by atoms with van der Waals surface area (Å²) in [6.07, 6.45) is 8.11. The molecule has 0 spiro atoms. The van der Waals surface area contributed by atoms with E-state index >= 15 is 0 Å². The van der Waals surface area contributed by atoms with Gasteiger partial charge in [-0.2, -0.15) is 0 Å². The first-order chi connectivity index (χ1) is 9.15. The van der Waals surface area contributed by atoms with Crippen LogP contribution in [-0.2, 0) is 6.42 Å². The van der Waals surface area contributed by atoms with Crippen LogP contribution in [0.15, 0.2) is 53.6 Å². The summed E-state index contributed by atoms with van der Waals surface area (Å²) in [5.74, 6) is 0.0671. The number of hydrogen-bond donors (Lipinski definition) is 1. The predicted molar refractivity (Wildman–Crippen MR) is 75.1 cm³/mol. The van der Waals surface area contributed by atoms with Crippen LogP contribution < -0.4 is 0 Å². The maximum atomic E-state index is 12.6. The molecule has 1 aromatic rings. The third kappa shape index (κ3) is 2.20. The first-order valence-electron chi connectivity index (χ1n) is 6.57. The number of carbonyl (C=O) groups is 1. The van der Waals surface area contributed by atoms with Crippen LogP contribution in [0.25, 0.3) is 0 Å². The van der Waals surface area contributed by atoms with Gasteiger partial charge >= 0.3 is 0 Å². The normalized spacial score (nSPS) is 21.8. The number of aryl methyl sites for hydroxylation is 2. The molecule has 1 aromatic carbocycles. The van der Waals surface area contributed by atoms with Gasteiger partial charge in [0.15, 0.2) is 5.78 Å². The molecule has 2 aliphatic carbocycles. The van der Waals surface area contributed by atoms with E-state index in [0.717, 1.165) is 35.1 Å². The molecule has 0 aromatic heterocycles. The van der Waals surface area contributed by atoms with E-state index in [1.54, 1.807) is 18.2 Å². The van der Waals surface area contributed by atoms with Crippen LogP contribution in [0.2, 0.25) is 0 Å². The molecule has 1 N–H and O–H groups in total. The van der Waals surface area contributed by atoms with E-state index < -0.39 is 6.10 Å². The smallest absolute Gasteiger partial charge is 0.193 e. The summed E-state index contributed by atoms with van der Waals surface area (Å²) in [6.45, 7) is 2.04. The van der Waals surface area contributed by atoms with Gasteiger partial charge in [-0.3, -0.25) is 4.79 Å². The van der Waals surface area contributed by atoms with Gasteiger partial charge < -0.3 is 5.11 Å². The zero-order chi connectivity index (χ0) is 13.4. The molecule has 2 aliphatic rings. The Morgan fingerprint density at radius 1 is 1.26 bits per heavy atom. The second-order valence-electron chi connectivity index (χ2n) is 5.14. The highest BCUT2D eigenvalue weighted by Crippen LogP contribution is 2.30. The Labute approximate surface area is 112 Å². The van der Waals surface area contributed by atoms with Crippen molar-refractivity contribution >= 4 is 5.78 Å². The fraction of sp³-hybridized carbons (Fsp3) is 0.235. The lowest BCUT2D eigenvalue weighted by Crippen LogP contribution is -2.06. The lowest BCUT2D eigenvalue weighted by atomic mass is 9.96. The van der Waals surface area contributed by atoms with Gasteiger partial charge in [-0.1, -0.05) is 42.0 Å². The molecule has 0 fully saturated rings. The third-order valence-corrected chi connectivity index (χ3v) is 3.70. The Kier molecular flexibility index (Phi) is 2.96. The molecule has 1 atom stereocenters. The van der Waals surface area contributed by atoms with Crippen molar-refractivity contribution < 1.29 is 9.90 Å². The Morgan fingerprint density at radius 2 is 2.11 bits per heavy atom. The third-order valence-electron chi connectivity index (χ3n) is 3.70.